The molecule has 0 aromatic carbocycles. The van der Waals surface area contributed by atoms with Gasteiger partial charge in [-0.25, -0.2) is 15.0 Å². The molecule has 0 bridgehead atoms. The SMILES string of the molecule is CNc1nc(C(C)C)nc(NCCn2ccnc2)c1C. The summed E-state index contributed by atoms with van der Waals surface area (Å²) in [4.78, 5) is 13.2. The molecule has 6 nitrogen and oxygen atoms in total. The molecule has 0 saturated heterocycles. The zero-order chi connectivity index (χ0) is 14.5. The van der Waals surface area contributed by atoms with Gasteiger partial charge in [0.25, 0.3) is 0 Å². The molecule has 2 N–H and O–H groups in total. The summed E-state index contributed by atoms with van der Waals surface area (Å²) >= 11 is 0. The van der Waals surface area contributed by atoms with Gasteiger partial charge in [-0.2, -0.15) is 0 Å². The average Bonchev–Trinajstić information content (AvgIpc) is 2.93. The largest absolute Gasteiger partial charge is 0.373 e. The highest BCUT2D eigenvalue weighted by atomic mass is 15.1. The Morgan fingerprint density at radius 1 is 1.25 bits per heavy atom. The molecule has 0 aliphatic carbocycles. The van der Waals surface area contributed by atoms with E-state index in [1.807, 2.05) is 31.1 Å². The molecule has 20 heavy (non-hydrogen) atoms. The summed E-state index contributed by atoms with van der Waals surface area (Å²) in [5.74, 6) is 2.93. The highest BCUT2D eigenvalue weighted by Gasteiger charge is 2.11. The molecule has 2 aromatic rings. The van der Waals surface area contributed by atoms with E-state index in [0.717, 1.165) is 36.1 Å². The topological polar surface area (TPSA) is 67.7 Å². The first-order valence-electron chi connectivity index (χ1n) is 6.87. The van der Waals surface area contributed by atoms with Gasteiger partial charge < -0.3 is 15.2 Å². The smallest absolute Gasteiger partial charge is 0.135 e. The van der Waals surface area contributed by atoms with Gasteiger partial charge in [-0.15, -0.1) is 0 Å². The van der Waals surface area contributed by atoms with E-state index in [-0.39, 0.29) is 0 Å². The molecule has 0 aliphatic heterocycles. The van der Waals surface area contributed by atoms with Crippen LogP contribution in [-0.2, 0) is 6.54 Å². The van der Waals surface area contributed by atoms with Crippen LogP contribution in [0, 0.1) is 6.92 Å². The molecule has 0 amide bonds. The Kier molecular flexibility index (Phi) is 4.55. The maximum absolute atomic E-state index is 4.61. The lowest BCUT2D eigenvalue weighted by molar-refractivity contribution is 0.720. The van der Waals surface area contributed by atoms with Crippen molar-refractivity contribution < 1.29 is 0 Å². The fourth-order valence-corrected chi connectivity index (χ4v) is 1.93. The third-order valence-electron chi connectivity index (χ3n) is 3.14. The number of imidazole rings is 1. The monoisotopic (exact) mass is 274 g/mol. The molecule has 0 atom stereocenters. The van der Waals surface area contributed by atoms with Crippen LogP contribution in [0.25, 0.3) is 0 Å². The Hall–Kier alpha value is -2.11. The van der Waals surface area contributed by atoms with Crippen molar-refractivity contribution in [2.45, 2.75) is 33.2 Å². The maximum Gasteiger partial charge on any atom is 0.135 e. The molecule has 108 valence electrons. The highest BCUT2D eigenvalue weighted by molar-refractivity contribution is 5.57. The van der Waals surface area contributed by atoms with Crippen molar-refractivity contribution in [1.29, 1.82) is 0 Å². The van der Waals surface area contributed by atoms with Crippen LogP contribution in [0.3, 0.4) is 0 Å². The van der Waals surface area contributed by atoms with Crippen LogP contribution in [-0.4, -0.2) is 33.1 Å². The van der Waals surface area contributed by atoms with E-state index in [0.29, 0.717) is 5.92 Å². The lowest BCUT2D eigenvalue weighted by Crippen LogP contribution is -2.14. The fourth-order valence-electron chi connectivity index (χ4n) is 1.93. The van der Waals surface area contributed by atoms with E-state index in [1.165, 1.54) is 0 Å². The second-order valence-corrected chi connectivity index (χ2v) is 5.04. The van der Waals surface area contributed by atoms with Gasteiger partial charge in [0, 0.05) is 44.0 Å². The minimum absolute atomic E-state index is 0.303. The van der Waals surface area contributed by atoms with Gasteiger partial charge in [-0.05, 0) is 6.92 Å². The first-order valence-corrected chi connectivity index (χ1v) is 6.87. The van der Waals surface area contributed by atoms with Crippen molar-refractivity contribution >= 4 is 11.6 Å². The third-order valence-corrected chi connectivity index (χ3v) is 3.14. The average molecular weight is 274 g/mol. The predicted octanol–water partition coefficient (Wildman–Crippen LogP) is 2.26. The van der Waals surface area contributed by atoms with Crippen molar-refractivity contribution in [1.82, 2.24) is 19.5 Å². The number of aromatic nitrogens is 4. The maximum atomic E-state index is 4.61. The van der Waals surface area contributed by atoms with Crippen LogP contribution < -0.4 is 10.6 Å². The molecule has 2 rings (SSSR count). The van der Waals surface area contributed by atoms with Crippen LogP contribution in [0.1, 0.15) is 31.2 Å². The lowest BCUT2D eigenvalue weighted by Gasteiger charge is -2.15. The van der Waals surface area contributed by atoms with Gasteiger partial charge in [0.1, 0.15) is 17.5 Å². The Bertz CT molecular complexity index is 547. The highest BCUT2D eigenvalue weighted by Crippen LogP contribution is 2.22. The zero-order valence-electron chi connectivity index (χ0n) is 12.5. The molecule has 2 aromatic heterocycles. The molecular weight excluding hydrogens is 252 g/mol. The number of nitrogens with one attached hydrogen (secondary N) is 2. The van der Waals surface area contributed by atoms with E-state index in [4.69, 9.17) is 0 Å². The number of hydrogen-bond acceptors (Lipinski definition) is 5. The second kappa shape index (κ2) is 6.36. The third kappa shape index (κ3) is 3.26. The van der Waals surface area contributed by atoms with Gasteiger partial charge >= 0.3 is 0 Å². The van der Waals surface area contributed by atoms with Gasteiger partial charge in [0.2, 0.25) is 0 Å². The van der Waals surface area contributed by atoms with Gasteiger partial charge in [-0.1, -0.05) is 13.8 Å². The van der Waals surface area contributed by atoms with Gasteiger partial charge in [0.05, 0.1) is 6.33 Å². The van der Waals surface area contributed by atoms with Crippen molar-refractivity contribution in [2.24, 2.45) is 0 Å². The first-order chi connectivity index (χ1) is 9.61. The molecule has 0 spiro atoms. The Balaban J connectivity index is 2.11. The lowest BCUT2D eigenvalue weighted by atomic mass is 10.2. The number of nitrogens with zero attached hydrogens (tertiary/aromatic N) is 4. The van der Waals surface area contributed by atoms with Crippen LogP contribution in [0.15, 0.2) is 18.7 Å². The zero-order valence-corrected chi connectivity index (χ0v) is 12.5. The summed E-state index contributed by atoms with van der Waals surface area (Å²) < 4.78 is 2.03. The minimum Gasteiger partial charge on any atom is -0.373 e. The van der Waals surface area contributed by atoms with E-state index in [1.54, 1.807) is 6.20 Å². The summed E-state index contributed by atoms with van der Waals surface area (Å²) in [6.07, 6.45) is 5.55. The summed E-state index contributed by atoms with van der Waals surface area (Å²) in [7, 11) is 1.88. The Morgan fingerprint density at radius 2 is 2.00 bits per heavy atom. The van der Waals surface area contributed by atoms with Crippen LogP contribution >= 0.6 is 0 Å². The molecule has 2 heterocycles. The first kappa shape index (κ1) is 14.3. The quantitative estimate of drug-likeness (QED) is 0.845. The Morgan fingerprint density at radius 3 is 2.60 bits per heavy atom. The van der Waals surface area contributed by atoms with Crippen LogP contribution in [0.4, 0.5) is 11.6 Å². The summed E-state index contributed by atoms with van der Waals surface area (Å²) in [5.41, 5.74) is 1.04. The van der Waals surface area contributed by atoms with Crippen LogP contribution in [0.2, 0.25) is 0 Å². The molecule has 0 saturated carbocycles. The molecule has 6 heteroatoms. The van der Waals surface area contributed by atoms with Gasteiger partial charge in [0.15, 0.2) is 0 Å². The number of rotatable bonds is 6. The summed E-state index contributed by atoms with van der Waals surface area (Å²) in [6, 6.07) is 0. The molecule has 0 fully saturated rings. The van der Waals surface area contributed by atoms with Crippen LogP contribution in [0.5, 0.6) is 0 Å². The van der Waals surface area contributed by atoms with Gasteiger partial charge in [-0.3, -0.25) is 0 Å². The molecular formula is C14H22N6. The predicted molar refractivity (Wildman–Crippen MR) is 81.1 cm³/mol. The number of anilines is 2. The summed E-state index contributed by atoms with van der Waals surface area (Å²) in [6.45, 7) is 7.87. The van der Waals surface area contributed by atoms with Crippen molar-refractivity contribution in [3.8, 4) is 0 Å². The normalized spacial score (nSPS) is 10.8. The summed E-state index contributed by atoms with van der Waals surface area (Å²) in [5, 5.41) is 6.51. The number of hydrogen-bond donors (Lipinski definition) is 2. The molecule has 0 unspecified atom stereocenters. The van der Waals surface area contributed by atoms with E-state index >= 15 is 0 Å². The standard InChI is InChI=1S/C14H22N6/c1-10(2)12-18-13(15-4)11(3)14(19-12)17-6-8-20-7-5-16-9-20/h5,7,9-10H,6,8H2,1-4H3,(H2,15,17,18,19). The Labute approximate surface area is 119 Å². The van der Waals surface area contributed by atoms with Crippen molar-refractivity contribution in [3.05, 3.63) is 30.1 Å². The van der Waals surface area contributed by atoms with E-state index < -0.39 is 0 Å². The van der Waals surface area contributed by atoms with E-state index in [9.17, 15) is 0 Å². The minimum atomic E-state index is 0.303. The second-order valence-electron chi connectivity index (χ2n) is 5.04. The van der Waals surface area contributed by atoms with E-state index in [2.05, 4.69) is 39.4 Å². The van der Waals surface area contributed by atoms with Crippen molar-refractivity contribution in [3.63, 3.8) is 0 Å². The molecule has 0 aliphatic rings. The van der Waals surface area contributed by atoms with Crippen molar-refractivity contribution in [2.75, 3.05) is 24.2 Å². The molecule has 0 radical (unpaired) electrons. The fraction of sp³-hybridized carbons (Fsp3) is 0.500.